The highest BCUT2D eigenvalue weighted by Gasteiger charge is 2.21. The van der Waals surface area contributed by atoms with Gasteiger partial charge in [-0.2, -0.15) is 0 Å². The van der Waals surface area contributed by atoms with Gasteiger partial charge >= 0.3 is 0 Å². The number of primary amides is 1. The zero-order valence-corrected chi connectivity index (χ0v) is 15.9. The van der Waals surface area contributed by atoms with Crippen LogP contribution in [0, 0.1) is 0 Å². The molecule has 0 saturated carbocycles. The molecule has 3 amide bonds. The SMILES string of the molecule is CC(C)Oc1ccc(C(=O)NCC(=O)NC2CCN(CC(N)=O)CC2)cc1. The van der Waals surface area contributed by atoms with Crippen molar-refractivity contribution in [2.75, 3.05) is 26.2 Å². The molecule has 0 aliphatic carbocycles. The van der Waals surface area contributed by atoms with Crippen molar-refractivity contribution in [1.82, 2.24) is 15.5 Å². The molecule has 0 atom stereocenters. The van der Waals surface area contributed by atoms with Gasteiger partial charge in [-0.3, -0.25) is 19.3 Å². The third kappa shape index (κ3) is 7.26. The van der Waals surface area contributed by atoms with Crippen molar-refractivity contribution in [2.24, 2.45) is 5.73 Å². The second kappa shape index (κ2) is 9.91. The van der Waals surface area contributed by atoms with Gasteiger partial charge in [0.1, 0.15) is 5.75 Å². The molecule has 1 aromatic carbocycles. The molecule has 0 bridgehead atoms. The van der Waals surface area contributed by atoms with Crippen molar-refractivity contribution in [3.8, 4) is 5.75 Å². The van der Waals surface area contributed by atoms with Crippen molar-refractivity contribution in [2.45, 2.75) is 38.8 Å². The molecule has 2 rings (SSSR count). The molecule has 1 aliphatic rings. The Morgan fingerprint density at radius 2 is 1.81 bits per heavy atom. The molecular weight excluding hydrogens is 348 g/mol. The van der Waals surface area contributed by atoms with Gasteiger partial charge in [0.15, 0.2) is 0 Å². The second-order valence-electron chi connectivity index (χ2n) is 6.96. The highest BCUT2D eigenvalue weighted by atomic mass is 16.5. The van der Waals surface area contributed by atoms with Crippen molar-refractivity contribution < 1.29 is 19.1 Å². The molecule has 27 heavy (non-hydrogen) atoms. The molecule has 0 radical (unpaired) electrons. The number of amides is 3. The number of hydrogen-bond acceptors (Lipinski definition) is 5. The monoisotopic (exact) mass is 376 g/mol. The zero-order valence-electron chi connectivity index (χ0n) is 15.9. The maximum absolute atomic E-state index is 12.1. The summed E-state index contributed by atoms with van der Waals surface area (Å²) in [4.78, 5) is 37.1. The summed E-state index contributed by atoms with van der Waals surface area (Å²) in [6.07, 6.45) is 1.57. The predicted octanol–water partition coefficient (Wildman–Crippen LogP) is 0.270. The number of hydrogen-bond donors (Lipinski definition) is 3. The Balaban J connectivity index is 1.71. The summed E-state index contributed by atoms with van der Waals surface area (Å²) in [5, 5.41) is 5.53. The Bertz CT molecular complexity index is 652. The molecule has 1 fully saturated rings. The summed E-state index contributed by atoms with van der Waals surface area (Å²) in [5.41, 5.74) is 5.66. The normalized spacial score (nSPS) is 15.4. The first-order valence-electron chi connectivity index (χ1n) is 9.18. The van der Waals surface area contributed by atoms with Gasteiger partial charge in [0.25, 0.3) is 5.91 Å². The van der Waals surface area contributed by atoms with Gasteiger partial charge in [-0.1, -0.05) is 0 Å². The summed E-state index contributed by atoms with van der Waals surface area (Å²) < 4.78 is 5.54. The van der Waals surface area contributed by atoms with Crippen LogP contribution in [0.25, 0.3) is 0 Å². The number of carbonyl (C=O) groups excluding carboxylic acids is 3. The minimum Gasteiger partial charge on any atom is -0.491 e. The molecule has 148 valence electrons. The predicted molar refractivity (Wildman–Crippen MR) is 101 cm³/mol. The number of carbonyl (C=O) groups is 3. The summed E-state index contributed by atoms with van der Waals surface area (Å²) in [6.45, 7) is 5.46. The van der Waals surface area contributed by atoms with Crippen molar-refractivity contribution in [3.63, 3.8) is 0 Å². The Hall–Kier alpha value is -2.61. The lowest BCUT2D eigenvalue weighted by atomic mass is 10.1. The van der Waals surface area contributed by atoms with Crippen LogP contribution in [0.1, 0.15) is 37.0 Å². The third-order valence-electron chi connectivity index (χ3n) is 4.23. The summed E-state index contributed by atoms with van der Waals surface area (Å²) in [6, 6.07) is 6.84. The van der Waals surface area contributed by atoms with E-state index in [1.54, 1.807) is 24.3 Å². The molecule has 1 heterocycles. The average molecular weight is 376 g/mol. The van der Waals surface area contributed by atoms with E-state index in [2.05, 4.69) is 10.6 Å². The first-order valence-corrected chi connectivity index (χ1v) is 9.18. The fourth-order valence-corrected chi connectivity index (χ4v) is 2.95. The lowest BCUT2D eigenvalue weighted by Gasteiger charge is -2.31. The van der Waals surface area contributed by atoms with Gasteiger partial charge < -0.3 is 21.1 Å². The number of nitrogens with two attached hydrogens (primary N) is 1. The summed E-state index contributed by atoms with van der Waals surface area (Å²) in [7, 11) is 0. The van der Waals surface area contributed by atoms with E-state index in [1.807, 2.05) is 18.7 Å². The van der Waals surface area contributed by atoms with E-state index in [0.29, 0.717) is 24.4 Å². The maximum Gasteiger partial charge on any atom is 0.251 e. The highest BCUT2D eigenvalue weighted by molar-refractivity contribution is 5.96. The van der Waals surface area contributed by atoms with E-state index in [-0.39, 0.29) is 43.0 Å². The van der Waals surface area contributed by atoms with Crippen LogP contribution < -0.4 is 21.1 Å². The fraction of sp³-hybridized carbons (Fsp3) is 0.526. The summed E-state index contributed by atoms with van der Waals surface area (Å²) >= 11 is 0. The van der Waals surface area contributed by atoms with Crippen molar-refractivity contribution >= 4 is 17.7 Å². The Labute approximate surface area is 159 Å². The van der Waals surface area contributed by atoms with E-state index < -0.39 is 0 Å². The van der Waals surface area contributed by atoms with Crippen LogP contribution >= 0.6 is 0 Å². The Morgan fingerprint density at radius 1 is 1.19 bits per heavy atom. The topological polar surface area (TPSA) is 114 Å². The highest BCUT2D eigenvalue weighted by Crippen LogP contribution is 2.14. The van der Waals surface area contributed by atoms with Gasteiger partial charge in [0.2, 0.25) is 11.8 Å². The van der Waals surface area contributed by atoms with E-state index in [9.17, 15) is 14.4 Å². The van der Waals surface area contributed by atoms with Crippen LogP contribution in [0.5, 0.6) is 5.75 Å². The van der Waals surface area contributed by atoms with Gasteiger partial charge in [-0.05, 0) is 51.0 Å². The van der Waals surface area contributed by atoms with Crippen molar-refractivity contribution in [3.05, 3.63) is 29.8 Å². The van der Waals surface area contributed by atoms with Crippen LogP contribution in [0.2, 0.25) is 0 Å². The van der Waals surface area contributed by atoms with E-state index >= 15 is 0 Å². The van der Waals surface area contributed by atoms with Crippen LogP contribution in [0.15, 0.2) is 24.3 Å². The molecule has 1 aromatic rings. The van der Waals surface area contributed by atoms with Crippen LogP contribution in [-0.2, 0) is 9.59 Å². The van der Waals surface area contributed by atoms with Gasteiger partial charge in [0, 0.05) is 24.7 Å². The molecule has 0 aromatic heterocycles. The largest absolute Gasteiger partial charge is 0.491 e. The molecule has 8 nitrogen and oxygen atoms in total. The van der Waals surface area contributed by atoms with Gasteiger partial charge in [-0.15, -0.1) is 0 Å². The van der Waals surface area contributed by atoms with E-state index in [4.69, 9.17) is 10.5 Å². The molecule has 0 spiro atoms. The third-order valence-corrected chi connectivity index (χ3v) is 4.23. The lowest BCUT2D eigenvalue weighted by molar-refractivity contribution is -0.122. The minimum atomic E-state index is -0.344. The van der Waals surface area contributed by atoms with E-state index in [1.165, 1.54) is 0 Å². The fourth-order valence-electron chi connectivity index (χ4n) is 2.95. The Kier molecular flexibility index (Phi) is 7.60. The maximum atomic E-state index is 12.1. The second-order valence-corrected chi connectivity index (χ2v) is 6.96. The Morgan fingerprint density at radius 3 is 2.37 bits per heavy atom. The molecule has 4 N–H and O–H groups in total. The molecule has 0 unspecified atom stereocenters. The first-order chi connectivity index (χ1) is 12.8. The number of nitrogens with one attached hydrogen (secondary N) is 2. The van der Waals surface area contributed by atoms with Gasteiger partial charge in [0.05, 0.1) is 19.2 Å². The number of ether oxygens (including phenoxy) is 1. The zero-order chi connectivity index (χ0) is 19.8. The van der Waals surface area contributed by atoms with Crippen LogP contribution in [0.4, 0.5) is 0 Å². The van der Waals surface area contributed by atoms with Crippen LogP contribution in [-0.4, -0.2) is 60.9 Å². The molecular formula is C19H28N4O4. The summed E-state index contributed by atoms with van der Waals surface area (Å²) in [5.74, 6) is -0.181. The smallest absolute Gasteiger partial charge is 0.251 e. The molecule has 8 heteroatoms. The van der Waals surface area contributed by atoms with Crippen LogP contribution in [0.3, 0.4) is 0 Å². The number of rotatable bonds is 8. The van der Waals surface area contributed by atoms with E-state index in [0.717, 1.165) is 12.8 Å². The minimum absolute atomic E-state index is 0.0472. The molecule has 1 aliphatic heterocycles. The number of benzene rings is 1. The van der Waals surface area contributed by atoms with Gasteiger partial charge in [-0.25, -0.2) is 0 Å². The lowest BCUT2D eigenvalue weighted by Crippen LogP contribution is -2.48. The average Bonchev–Trinajstić information content (AvgIpc) is 2.61. The number of piperidine rings is 1. The van der Waals surface area contributed by atoms with Crippen molar-refractivity contribution in [1.29, 1.82) is 0 Å². The number of likely N-dealkylation sites (tertiary alicyclic amines) is 1. The molecule has 1 saturated heterocycles. The number of nitrogens with zero attached hydrogens (tertiary/aromatic N) is 1. The quantitative estimate of drug-likeness (QED) is 0.603. The first kappa shape index (κ1) is 20.7. The standard InChI is InChI=1S/C19H28N4O4/c1-13(2)27-16-5-3-14(4-6-16)19(26)21-11-18(25)22-15-7-9-23(10-8-15)12-17(20)24/h3-6,13,15H,7-12H2,1-2H3,(H2,20,24)(H,21,26)(H,22,25).